The van der Waals surface area contributed by atoms with Gasteiger partial charge < -0.3 is 5.21 Å². The number of hydrogen-bond donors (Lipinski definition) is 0. The van der Waals surface area contributed by atoms with Gasteiger partial charge in [-0.3, -0.25) is 4.74 Å². The highest BCUT2D eigenvalue weighted by atomic mass is 16.5. The maximum absolute atomic E-state index is 12.9. The Balaban J connectivity index is 1.56. The van der Waals surface area contributed by atoms with Gasteiger partial charge in [-0.15, -0.1) is 0 Å². The maximum Gasteiger partial charge on any atom is 0.316 e. The molecule has 0 spiro atoms. The Morgan fingerprint density at radius 2 is 1.33 bits per heavy atom. The molecule has 0 unspecified atom stereocenters. The van der Waals surface area contributed by atoms with Gasteiger partial charge in [0, 0.05) is 16.3 Å². The molecule has 4 aromatic rings. The quantitative estimate of drug-likeness (QED) is 0.163. The zero-order valence-electron chi connectivity index (χ0n) is 19.2. The van der Waals surface area contributed by atoms with Gasteiger partial charge in [-0.2, -0.15) is 0 Å². The molecule has 33 heavy (non-hydrogen) atoms. The Morgan fingerprint density at radius 3 is 1.85 bits per heavy atom. The van der Waals surface area contributed by atoms with Crippen molar-refractivity contribution in [3.63, 3.8) is 0 Å². The summed E-state index contributed by atoms with van der Waals surface area (Å²) in [5.74, 6) is 6.80. The molecule has 5 rings (SSSR count). The summed E-state index contributed by atoms with van der Waals surface area (Å²) in [5.41, 5.74) is 0.746. The number of hydroxylamine groups is 3. The van der Waals surface area contributed by atoms with E-state index >= 15 is 0 Å². The highest BCUT2D eigenvalue weighted by Crippen LogP contribution is 2.37. The molecular formula is C29H25N2O2. The van der Waals surface area contributed by atoms with E-state index in [2.05, 4.69) is 42.2 Å². The lowest BCUT2D eigenvalue weighted by Crippen LogP contribution is -2.53. The van der Waals surface area contributed by atoms with E-state index in [1.807, 2.05) is 36.4 Å². The van der Waals surface area contributed by atoms with E-state index < -0.39 is 11.1 Å². The fraction of sp³-hybridized carbons (Fsp3) is 0.207. The number of rotatable bonds is 1. The second kappa shape index (κ2) is 7.37. The molecule has 0 saturated heterocycles. The van der Waals surface area contributed by atoms with Crippen LogP contribution >= 0.6 is 0 Å². The van der Waals surface area contributed by atoms with Crippen molar-refractivity contribution in [3.05, 3.63) is 101 Å². The van der Waals surface area contributed by atoms with Crippen molar-refractivity contribution in [2.45, 2.75) is 38.8 Å². The molecule has 4 aromatic carbocycles. The minimum atomic E-state index is -0.835. The number of benzene rings is 4. The van der Waals surface area contributed by atoms with Gasteiger partial charge >= 0.3 is 5.84 Å². The Kier molecular flexibility index (Phi) is 4.70. The van der Waals surface area contributed by atoms with E-state index in [4.69, 9.17) is 0 Å². The average Bonchev–Trinajstić information content (AvgIpc) is 2.93. The molecule has 163 valence electrons. The van der Waals surface area contributed by atoms with Crippen molar-refractivity contribution in [1.29, 1.82) is 0 Å². The lowest BCUT2D eigenvalue weighted by molar-refractivity contribution is -0.539. The van der Waals surface area contributed by atoms with Crippen LogP contribution in [0.4, 0.5) is 0 Å². The van der Waals surface area contributed by atoms with Crippen LogP contribution in [0.1, 0.15) is 44.4 Å². The van der Waals surface area contributed by atoms with E-state index in [0.29, 0.717) is 5.56 Å². The molecule has 1 aliphatic rings. The summed E-state index contributed by atoms with van der Waals surface area (Å²) in [6.07, 6.45) is 0. The molecule has 0 aromatic heterocycles. The van der Waals surface area contributed by atoms with Crippen molar-refractivity contribution >= 4 is 27.4 Å². The zero-order valence-corrected chi connectivity index (χ0v) is 19.2. The number of amidine groups is 1. The second-order valence-corrected chi connectivity index (χ2v) is 9.55. The van der Waals surface area contributed by atoms with Crippen molar-refractivity contribution in [1.82, 2.24) is 5.06 Å². The third-order valence-electron chi connectivity index (χ3n) is 7.14. The normalized spacial score (nSPS) is 16.8. The highest BCUT2D eigenvalue weighted by Gasteiger charge is 2.59. The van der Waals surface area contributed by atoms with Crippen LogP contribution < -0.4 is 0 Å². The molecule has 0 amide bonds. The zero-order chi connectivity index (χ0) is 23.4. The summed E-state index contributed by atoms with van der Waals surface area (Å²) in [4.78, 5) is 0. The largest absolute Gasteiger partial charge is 0.714 e. The summed E-state index contributed by atoms with van der Waals surface area (Å²) < 4.78 is 0.836. The number of hydrogen-bond acceptors (Lipinski definition) is 2. The topological polar surface area (TPSA) is 49.2 Å². The summed E-state index contributed by atoms with van der Waals surface area (Å²) >= 11 is 0. The van der Waals surface area contributed by atoms with Crippen LogP contribution in [-0.2, 0) is 5.21 Å². The first-order valence-corrected chi connectivity index (χ1v) is 11.1. The van der Waals surface area contributed by atoms with Crippen molar-refractivity contribution in [2.24, 2.45) is 0 Å². The van der Waals surface area contributed by atoms with Crippen molar-refractivity contribution < 1.29 is 9.95 Å². The highest BCUT2D eigenvalue weighted by molar-refractivity contribution is 6.04. The van der Waals surface area contributed by atoms with Gasteiger partial charge in [0.2, 0.25) is 0 Å². The first-order chi connectivity index (χ1) is 15.7. The molecule has 4 nitrogen and oxygen atoms in total. The van der Waals surface area contributed by atoms with Crippen LogP contribution in [0, 0.1) is 17.0 Å². The van der Waals surface area contributed by atoms with Crippen LogP contribution in [0.2, 0.25) is 0 Å². The van der Waals surface area contributed by atoms with Crippen LogP contribution in [0.3, 0.4) is 0 Å². The van der Waals surface area contributed by atoms with E-state index in [9.17, 15) is 10.4 Å². The first-order valence-electron chi connectivity index (χ1n) is 11.1. The second-order valence-electron chi connectivity index (χ2n) is 9.55. The molecule has 1 heterocycles. The molecule has 0 fully saturated rings. The van der Waals surface area contributed by atoms with E-state index in [-0.39, 0.29) is 5.84 Å². The van der Waals surface area contributed by atoms with Gasteiger partial charge in [-0.1, -0.05) is 65.4 Å². The summed E-state index contributed by atoms with van der Waals surface area (Å²) in [5, 5.41) is 31.2. The van der Waals surface area contributed by atoms with Gasteiger partial charge in [-0.25, -0.2) is 0 Å². The Bertz CT molecular complexity index is 1430. The predicted octanol–water partition coefficient (Wildman–Crippen LogP) is 5.87. The molecule has 0 atom stereocenters. The molecule has 0 bridgehead atoms. The predicted molar refractivity (Wildman–Crippen MR) is 132 cm³/mol. The molecule has 0 N–H and O–H groups in total. The molecule has 1 radical (unpaired) electrons. The molecular weight excluding hydrogens is 408 g/mol. The maximum atomic E-state index is 12.9. The monoisotopic (exact) mass is 433 g/mol. The Hall–Kier alpha value is -3.81. The third kappa shape index (κ3) is 3.16. The lowest BCUT2D eigenvalue weighted by Gasteiger charge is -2.32. The fourth-order valence-electron chi connectivity index (χ4n) is 4.33. The SMILES string of the molecule is CC1(C)N([O])C(c2ccc(C#Cc3c4ccccc4cc4ccccc34)cc2)=[N+]([O-])C1(C)C. The Morgan fingerprint density at radius 1 is 0.788 bits per heavy atom. The third-order valence-corrected chi connectivity index (χ3v) is 7.14. The molecule has 1 aliphatic heterocycles. The van der Waals surface area contributed by atoms with E-state index in [0.717, 1.165) is 42.5 Å². The van der Waals surface area contributed by atoms with E-state index in [1.54, 1.807) is 39.8 Å². The van der Waals surface area contributed by atoms with Crippen molar-refractivity contribution in [3.8, 4) is 11.8 Å². The standard InChI is InChI=1S/C29H25N2O2/c1-28(2)29(3,4)31(33)27(30(28)32)21-16-13-20(14-17-21)15-18-26-24-11-7-5-9-22(24)19-23-10-6-8-12-25(23)26/h5-14,16-17,19H,1-4H3. The van der Waals surface area contributed by atoms with Gasteiger partial charge in [0.1, 0.15) is 5.54 Å². The lowest BCUT2D eigenvalue weighted by atomic mass is 9.84. The van der Waals surface area contributed by atoms with Gasteiger partial charge in [0.15, 0.2) is 5.54 Å². The summed E-state index contributed by atoms with van der Waals surface area (Å²) in [7, 11) is 0. The molecule has 0 aliphatic carbocycles. The van der Waals surface area contributed by atoms with Gasteiger partial charge in [0.05, 0.1) is 5.56 Å². The number of fused-ring (bicyclic) bond motifs is 2. The van der Waals surface area contributed by atoms with Crippen LogP contribution in [0.5, 0.6) is 0 Å². The molecule has 0 saturated carbocycles. The first kappa shape index (κ1) is 21.1. The van der Waals surface area contributed by atoms with Crippen LogP contribution in [0.25, 0.3) is 21.5 Å². The average molecular weight is 434 g/mol. The molecule has 4 heteroatoms. The minimum absolute atomic E-state index is 0.143. The van der Waals surface area contributed by atoms with E-state index in [1.165, 1.54) is 0 Å². The Labute approximate surface area is 193 Å². The van der Waals surface area contributed by atoms with Crippen LogP contribution in [-0.4, -0.2) is 26.7 Å². The minimum Gasteiger partial charge on any atom is -0.714 e. The van der Waals surface area contributed by atoms with Crippen molar-refractivity contribution in [2.75, 3.05) is 0 Å². The van der Waals surface area contributed by atoms with Gasteiger partial charge in [-0.05, 0) is 79.6 Å². The van der Waals surface area contributed by atoms with Gasteiger partial charge in [0.25, 0.3) is 0 Å². The number of nitrogens with zero attached hydrogens (tertiary/aromatic N) is 2. The summed E-state index contributed by atoms with van der Waals surface area (Å²) in [6.45, 7) is 7.19. The van der Waals surface area contributed by atoms with Crippen LogP contribution in [0.15, 0.2) is 78.9 Å². The fourth-order valence-corrected chi connectivity index (χ4v) is 4.33. The summed E-state index contributed by atoms with van der Waals surface area (Å²) in [6, 6.07) is 26.1. The smallest absolute Gasteiger partial charge is 0.316 e.